The number of aromatic nitrogens is 12. The number of rotatable bonds is 18. The molecule has 0 unspecified atom stereocenters. The van der Waals surface area contributed by atoms with E-state index in [0.29, 0.717) is 85.2 Å². The lowest BCUT2D eigenvalue weighted by atomic mass is 10.1. The number of nitrogens with one attached hydrogen (secondary N) is 8. The Hall–Kier alpha value is -8.26. The molecule has 0 spiro atoms. The zero-order valence-electron chi connectivity index (χ0n) is 62.6. The average Bonchev–Trinajstić information content (AvgIpc) is 1.79. The monoisotopic (exact) mass is 2300 g/mol. The minimum Gasteiger partial charge on any atom is -0.355 e. The molecular formula is C75H56Br8Cl7F3N20O8. The van der Waals surface area contributed by atoms with E-state index in [1.54, 1.807) is 107 Å². The molecule has 0 aliphatic heterocycles. The van der Waals surface area contributed by atoms with Gasteiger partial charge in [0, 0.05) is 110 Å². The largest absolute Gasteiger partial charge is 0.435 e. The van der Waals surface area contributed by atoms with Crippen molar-refractivity contribution in [1.29, 1.82) is 0 Å². The summed E-state index contributed by atoms with van der Waals surface area (Å²) < 4.78 is 49.1. The number of hydrogen-bond acceptors (Lipinski definition) is 16. The first-order chi connectivity index (χ1) is 57.0. The molecular weight excluding hydrogens is 2250 g/mol. The molecule has 12 aromatic rings. The van der Waals surface area contributed by atoms with E-state index >= 15 is 0 Å². The van der Waals surface area contributed by atoms with Gasteiger partial charge >= 0.3 is 6.18 Å². The van der Waals surface area contributed by atoms with E-state index in [1.165, 1.54) is 82.3 Å². The fourth-order valence-electron chi connectivity index (χ4n) is 10.4. The molecule has 8 amide bonds. The van der Waals surface area contributed by atoms with Gasteiger partial charge in [-0.05, 0) is 202 Å². The minimum absolute atomic E-state index is 0.0107. The molecule has 12 rings (SSSR count). The standard InChI is InChI=1S/C21H17Br2ClF3N5O2.C19H15Br2Cl2N5O2.C18H13Br2Cl2N5O2.C17H11Br2Cl2N5O2/c1-20(2,3)30-18(33)11-7-10(22)8-12(23)16(11)29-19(34)14-9-15(21(25,26)27)31-32(14)17-13(24)5-4-6-28-17;1-9(2)25-18(29)11-6-10(20)7-12(21)16(11)26-19(30)14-8-15(23)27-28(14)17-13(22)4-3-5-24-17;1-2-23-17(28)10-6-9(19)7-11(20)15(10)25-18(29)13-8-14(22)26-27(13)16-12(21)4-3-5-24-16;1-22-16(27)9-5-8(18)6-10(19)14(9)24-17(28)12-7-13(21)25-26(12)15-11(20)3-2-4-23-15/h4-9H,1-3H3,(H,29,34)(H,30,33);3-9H,1-2H3,(H,25,29)(H,26,30);3-8H,2H2,1H3,(H,23,28)(H,25,29);2-7H,1H3,(H,22,27)(H,24,28). The van der Waals surface area contributed by atoms with Crippen LogP contribution in [-0.4, -0.2) is 131 Å². The molecule has 0 saturated heterocycles. The van der Waals surface area contributed by atoms with Crippen LogP contribution < -0.4 is 42.5 Å². The molecule has 0 bridgehead atoms. The lowest BCUT2D eigenvalue weighted by Crippen LogP contribution is -2.41. The SMILES string of the molecule is CC(C)(C)NC(=O)c1cc(Br)cc(Br)c1NC(=O)c1cc(C(F)(F)F)nn1-c1ncccc1Cl.CC(C)NC(=O)c1cc(Br)cc(Br)c1NC(=O)c1cc(Cl)nn1-c1ncccc1Cl.CCNC(=O)c1cc(Br)cc(Br)c1NC(=O)c1cc(Cl)nn1-c1ncccc1Cl.CNC(=O)c1cc(Br)cc(Br)c1NC(=O)c1cc(Cl)nn1-c1ncccc1Cl. The Bertz CT molecular complexity index is 6040. The molecule has 121 heavy (non-hydrogen) atoms. The second-order valence-electron chi connectivity index (χ2n) is 25.7. The summed E-state index contributed by atoms with van der Waals surface area (Å²) in [5.74, 6) is -3.52. The van der Waals surface area contributed by atoms with Gasteiger partial charge < -0.3 is 42.5 Å². The van der Waals surface area contributed by atoms with Gasteiger partial charge in [0.15, 0.2) is 44.4 Å². The second-order valence-corrected chi connectivity index (χ2v) is 35.6. The van der Waals surface area contributed by atoms with Crippen molar-refractivity contribution in [2.24, 2.45) is 0 Å². The molecule has 0 radical (unpaired) electrons. The number of pyridine rings is 4. The van der Waals surface area contributed by atoms with Crippen LogP contribution in [-0.2, 0) is 6.18 Å². The minimum atomic E-state index is -4.82. The van der Waals surface area contributed by atoms with Gasteiger partial charge in [0.05, 0.1) is 65.1 Å². The number of anilines is 4. The number of alkyl halides is 3. The summed E-state index contributed by atoms with van der Waals surface area (Å²) in [5.41, 5.74) is -0.174. The molecule has 0 aliphatic rings. The Balaban J connectivity index is 0.000000184. The fraction of sp³-hybridized carbons (Fsp3) is 0.147. The van der Waals surface area contributed by atoms with Crippen molar-refractivity contribution in [3.63, 3.8) is 0 Å². The molecule has 0 aliphatic carbocycles. The zero-order valence-corrected chi connectivity index (χ0v) is 80.6. The van der Waals surface area contributed by atoms with Gasteiger partial charge in [0.25, 0.3) is 47.3 Å². The molecule has 630 valence electrons. The highest BCUT2D eigenvalue weighted by Crippen LogP contribution is 2.39. The van der Waals surface area contributed by atoms with E-state index in [-0.39, 0.29) is 113 Å². The maximum absolute atomic E-state index is 13.4. The van der Waals surface area contributed by atoms with Crippen LogP contribution in [0.5, 0.6) is 0 Å². The van der Waals surface area contributed by atoms with Gasteiger partial charge in [-0.25, -0.2) is 38.7 Å². The number of nitrogens with zero attached hydrogens (tertiary/aromatic N) is 12. The quantitative estimate of drug-likeness (QED) is 0.0396. The summed E-state index contributed by atoms with van der Waals surface area (Å²) in [7, 11) is 1.50. The van der Waals surface area contributed by atoms with Crippen LogP contribution in [0.2, 0.25) is 35.5 Å². The molecule has 0 atom stereocenters. The Morgan fingerprint density at radius 1 is 0.397 bits per heavy atom. The van der Waals surface area contributed by atoms with E-state index < -0.39 is 52.6 Å². The Morgan fingerprint density at radius 2 is 0.678 bits per heavy atom. The zero-order chi connectivity index (χ0) is 89.0. The summed E-state index contributed by atoms with van der Waals surface area (Å²) in [4.78, 5) is 119. The first-order valence-electron chi connectivity index (χ1n) is 34.2. The van der Waals surface area contributed by atoms with Gasteiger partial charge in [-0.15, -0.1) is 0 Å². The van der Waals surface area contributed by atoms with Gasteiger partial charge in [-0.2, -0.15) is 33.6 Å². The van der Waals surface area contributed by atoms with Gasteiger partial charge in [-0.1, -0.05) is 145 Å². The molecule has 46 heteroatoms. The van der Waals surface area contributed by atoms with E-state index in [1.807, 2.05) is 13.8 Å². The smallest absolute Gasteiger partial charge is 0.355 e. The van der Waals surface area contributed by atoms with E-state index in [0.717, 1.165) is 0 Å². The molecule has 4 aromatic carbocycles. The maximum Gasteiger partial charge on any atom is 0.435 e. The van der Waals surface area contributed by atoms with Crippen molar-refractivity contribution in [2.45, 2.75) is 59.3 Å². The van der Waals surface area contributed by atoms with E-state index in [2.05, 4.69) is 210 Å². The highest BCUT2D eigenvalue weighted by molar-refractivity contribution is 9.12. The predicted octanol–water partition coefficient (Wildman–Crippen LogP) is 21.5. The van der Waals surface area contributed by atoms with Crippen LogP contribution in [0, 0.1) is 0 Å². The first kappa shape index (κ1) is 96.6. The van der Waals surface area contributed by atoms with Crippen molar-refractivity contribution >= 4 is 279 Å². The lowest BCUT2D eigenvalue weighted by Gasteiger charge is -2.22. The summed E-state index contributed by atoms with van der Waals surface area (Å²) >= 11 is 69.5. The summed E-state index contributed by atoms with van der Waals surface area (Å²) in [5, 5.41) is 38.6. The summed E-state index contributed by atoms with van der Waals surface area (Å²) in [6.07, 6.45) is 1.05. The molecule has 8 N–H and O–H groups in total. The van der Waals surface area contributed by atoms with Gasteiger partial charge in [0.2, 0.25) is 0 Å². The third-order valence-corrected chi connectivity index (χ3v) is 21.4. The topological polar surface area (TPSA) is 356 Å². The van der Waals surface area contributed by atoms with E-state index in [9.17, 15) is 51.5 Å². The van der Waals surface area contributed by atoms with E-state index in [4.69, 9.17) is 81.2 Å². The number of carbonyl (C=O) groups excluding carboxylic acids is 8. The van der Waals surface area contributed by atoms with Crippen molar-refractivity contribution in [3.8, 4) is 23.3 Å². The fourth-order valence-corrected chi connectivity index (χ4v) is 17.0. The van der Waals surface area contributed by atoms with Crippen molar-refractivity contribution in [1.82, 2.24) is 80.3 Å². The Morgan fingerprint density at radius 3 is 0.950 bits per heavy atom. The number of halogens is 18. The van der Waals surface area contributed by atoms with Crippen LogP contribution in [0.15, 0.2) is 182 Å². The lowest BCUT2D eigenvalue weighted by molar-refractivity contribution is -0.141. The molecule has 0 fully saturated rings. The Labute approximate surface area is 788 Å². The van der Waals surface area contributed by atoms with Crippen LogP contribution in [0.1, 0.15) is 131 Å². The number of carbonyl (C=O) groups is 8. The van der Waals surface area contributed by atoms with Crippen LogP contribution in [0.3, 0.4) is 0 Å². The first-order valence-corrected chi connectivity index (χ1v) is 43.2. The molecule has 28 nitrogen and oxygen atoms in total. The number of hydrogen-bond donors (Lipinski definition) is 8. The van der Waals surface area contributed by atoms with Crippen molar-refractivity contribution in [2.75, 3.05) is 34.9 Å². The second kappa shape index (κ2) is 42.4. The van der Waals surface area contributed by atoms with Crippen LogP contribution >= 0.6 is 209 Å². The van der Waals surface area contributed by atoms with Crippen LogP contribution in [0.4, 0.5) is 35.9 Å². The predicted molar refractivity (Wildman–Crippen MR) is 486 cm³/mol. The number of amides is 8. The van der Waals surface area contributed by atoms with Gasteiger partial charge in [0.1, 0.15) is 22.8 Å². The third kappa shape index (κ3) is 25.1. The highest BCUT2D eigenvalue weighted by Gasteiger charge is 2.38. The molecule has 0 saturated carbocycles. The highest BCUT2D eigenvalue weighted by atomic mass is 79.9. The maximum atomic E-state index is 13.4. The van der Waals surface area contributed by atoms with Crippen LogP contribution in [0.25, 0.3) is 23.3 Å². The normalized spacial score (nSPS) is 11.1. The van der Waals surface area contributed by atoms with Crippen molar-refractivity contribution in [3.05, 3.63) is 268 Å². The summed E-state index contributed by atoms with van der Waals surface area (Å²) in [6.45, 7) is 11.3. The third-order valence-electron chi connectivity index (χ3n) is 15.4. The molecule has 8 heterocycles. The Kier molecular flexibility index (Phi) is 33.8. The average molecular weight is 2310 g/mol. The number of benzene rings is 4. The molecule has 8 aromatic heterocycles. The van der Waals surface area contributed by atoms with Crippen molar-refractivity contribution < 1.29 is 51.5 Å². The summed E-state index contributed by atoms with van der Waals surface area (Å²) in [6, 6.07) is 30.5. The van der Waals surface area contributed by atoms with Gasteiger partial charge in [-0.3, -0.25) is 38.4 Å².